The monoisotopic (exact) mass is 1010 g/mol. The molecule has 0 radical (unpaired) electrons. The molecule has 0 saturated heterocycles. The number of ether oxygens (including phenoxy) is 2. The molecule has 6 heteroatoms. The highest BCUT2D eigenvalue weighted by Gasteiger charge is 2.73. The number of hydrogen-bond acceptors (Lipinski definition) is 4. The summed E-state index contributed by atoms with van der Waals surface area (Å²) in [5, 5.41) is 6.92. The number of para-hydroxylation sites is 4. The van der Waals surface area contributed by atoms with Crippen molar-refractivity contribution in [3.63, 3.8) is 0 Å². The minimum Gasteiger partial charge on any atom is -0.449 e. The van der Waals surface area contributed by atoms with Crippen molar-refractivity contribution in [3.05, 3.63) is 205 Å². The van der Waals surface area contributed by atoms with Crippen LogP contribution >= 0.6 is 0 Å². The minimum atomic E-state index is 0.310. The number of aromatic nitrogens is 1. The van der Waals surface area contributed by atoms with E-state index in [9.17, 15) is 0 Å². The Balaban J connectivity index is 0.870. The van der Waals surface area contributed by atoms with Crippen LogP contribution < -0.4 is 30.6 Å². The van der Waals surface area contributed by atoms with Crippen molar-refractivity contribution in [3.8, 4) is 50.9 Å². The van der Waals surface area contributed by atoms with Crippen molar-refractivity contribution in [2.75, 3.05) is 10.2 Å². The van der Waals surface area contributed by atoms with Crippen LogP contribution in [0.5, 0.6) is 23.0 Å². The van der Waals surface area contributed by atoms with Gasteiger partial charge in [-0.2, -0.15) is 0 Å². The maximum Gasteiger partial charge on any atom is 0.198 e. The molecule has 2 aliphatic heterocycles. The van der Waals surface area contributed by atoms with E-state index in [1.165, 1.54) is 106 Å². The Morgan fingerprint density at radius 1 is 0.513 bits per heavy atom. The third-order valence-corrected chi connectivity index (χ3v) is 22.2. The van der Waals surface area contributed by atoms with Gasteiger partial charge in [0.1, 0.15) is 0 Å². The number of benzene rings is 9. The van der Waals surface area contributed by atoms with Gasteiger partial charge in [0.15, 0.2) is 30.3 Å². The Kier molecular flexibility index (Phi) is 8.51. The molecule has 9 aromatic carbocycles. The predicted octanol–water partition coefficient (Wildman–Crippen LogP) is 16.6. The molecule has 19 rings (SSSR count). The highest BCUT2D eigenvalue weighted by Crippen LogP contribution is 2.79. The molecule has 8 atom stereocenters. The molecule has 9 aliphatic rings. The quantitative estimate of drug-likeness (QED) is 0.146. The second-order valence-corrected chi connectivity index (χ2v) is 25.3. The van der Waals surface area contributed by atoms with E-state index in [4.69, 9.17) is 9.47 Å². The van der Waals surface area contributed by atoms with Crippen LogP contribution in [0.15, 0.2) is 194 Å². The van der Waals surface area contributed by atoms with Crippen LogP contribution in [-0.2, 0) is 10.8 Å². The molecule has 7 saturated carbocycles. The highest BCUT2D eigenvalue weighted by molar-refractivity contribution is 6.73. The van der Waals surface area contributed by atoms with E-state index in [1.807, 2.05) is 24.3 Å². The fourth-order valence-corrected chi connectivity index (χ4v) is 19.2. The molecule has 0 amide bonds. The maximum atomic E-state index is 6.87. The van der Waals surface area contributed by atoms with Gasteiger partial charge in [-0.3, -0.25) is 0 Å². The molecule has 0 spiro atoms. The zero-order valence-corrected chi connectivity index (χ0v) is 43.7. The van der Waals surface area contributed by atoms with Crippen LogP contribution in [0.1, 0.15) is 62.5 Å². The van der Waals surface area contributed by atoms with Crippen LogP contribution in [0.4, 0.5) is 28.4 Å². The van der Waals surface area contributed by atoms with Gasteiger partial charge in [-0.1, -0.05) is 109 Å². The average molecular weight is 1010 g/mol. The Morgan fingerprint density at radius 3 is 1.90 bits per heavy atom. The summed E-state index contributed by atoms with van der Waals surface area (Å²) in [4.78, 5) is 2.45. The van der Waals surface area contributed by atoms with E-state index in [2.05, 4.69) is 185 Å². The summed E-state index contributed by atoms with van der Waals surface area (Å²) in [6.07, 6.45) is 11.4. The number of nitrogens with zero attached hydrogens (tertiary/aromatic N) is 2. The first-order valence-electron chi connectivity index (χ1n) is 29.3. The molecule has 1 aromatic heterocycles. The summed E-state index contributed by atoms with van der Waals surface area (Å²) in [7, 11) is 0.827. The van der Waals surface area contributed by atoms with Gasteiger partial charge in [-0.25, -0.2) is 0 Å². The molecule has 7 aliphatic carbocycles. The van der Waals surface area contributed by atoms with Crippen molar-refractivity contribution in [1.82, 2.24) is 4.57 Å². The van der Waals surface area contributed by atoms with Crippen molar-refractivity contribution in [1.29, 1.82) is 0 Å². The summed E-state index contributed by atoms with van der Waals surface area (Å²) in [5.74, 6) is 10.0. The van der Waals surface area contributed by atoms with Gasteiger partial charge in [0, 0.05) is 61.8 Å². The van der Waals surface area contributed by atoms with Gasteiger partial charge in [-0.05, 0) is 222 Å². The molecule has 8 unspecified atom stereocenters. The van der Waals surface area contributed by atoms with Gasteiger partial charge in [-0.15, -0.1) is 0 Å². The largest absolute Gasteiger partial charge is 0.449 e. The predicted molar refractivity (Wildman–Crippen MR) is 317 cm³/mol. The van der Waals surface area contributed by atoms with Crippen molar-refractivity contribution < 1.29 is 9.47 Å². The zero-order chi connectivity index (χ0) is 50.6. The summed E-state index contributed by atoms with van der Waals surface area (Å²) >= 11 is 0. The van der Waals surface area contributed by atoms with E-state index in [0.717, 1.165) is 94.4 Å². The van der Waals surface area contributed by atoms with E-state index in [0.29, 0.717) is 28.1 Å². The molecular formula is C72H58BN3O2. The normalized spacial score (nSPS) is 28.0. The molecule has 0 bridgehead atoms. The van der Waals surface area contributed by atoms with Crippen LogP contribution in [0.3, 0.4) is 0 Å². The Bertz CT molecular complexity index is 4130. The van der Waals surface area contributed by atoms with E-state index in [-0.39, 0.29) is 0 Å². The fraction of sp³-hybridized carbons (Fsp3) is 0.250. The molecule has 1 N–H and O–H groups in total. The smallest absolute Gasteiger partial charge is 0.198 e. The SMILES string of the molecule is B1c2c(-c3cc4c(cc3Nc3ccc(-c5ccccc5)cc3)Oc3ccccc3O4)cc(N(c3ccccc3)c3ccccc3)cc2-n2c3ccc(C45C6CCC4CC5C6)cc3c3cc(C45CC6CC7CC(C4)C5C76)cc1c32. The number of rotatable bonds is 9. The van der Waals surface area contributed by atoms with Crippen LogP contribution in [0.25, 0.3) is 49.7 Å². The minimum absolute atomic E-state index is 0.310. The number of nitrogens with one attached hydrogen (secondary N) is 1. The highest BCUT2D eigenvalue weighted by atomic mass is 16.6. The van der Waals surface area contributed by atoms with Gasteiger partial charge in [0.25, 0.3) is 0 Å². The fourth-order valence-electron chi connectivity index (χ4n) is 19.2. The first kappa shape index (κ1) is 43.1. The Labute approximate surface area is 456 Å². The molecule has 5 nitrogen and oxygen atoms in total. The Hall–Kier alpha value is -7.96. The molecule has 376 valence electrons. The standard InChI is InChI=1S/C72H58BN3O2/c1-4-12-41(13-5-1)42-20-25-51(26-21-42)74-60-38-66-65(77-63-18-10-11-19-64(63)78-66)37-55(60)57-35-54(75(52-14-6-2-7-15-52)53-16-8-3-9-17-53)36-62-69(57)73-59-34-49(71-39-44-28-43-29-45(40-71)68(71)67(43)44)33-58-56-32-48(24-27-61(56)76(62)70(58)59)72-46-22-23-47(72)31-50(72)30-46/h1-21,24-27,32-38,43-47,50,67-68,73-74H,22-23,28-31,39-40H2. The summed E-state index contributed by atoms with van der Waals surface area (Å²) in [6, 6.07) is 72.2. The lowest BCUT2D eigenvalue weighted by Gasteiger charge is -2.65. The third kappa shape index (κ3) is 5.63. The van der Waals surface area contributed by atoms with Crippen molar-refractivity contribution >= 4 is 68.4 Å². The molecule has 10 aromatic rings. The van der Waals surface area contributed by atoms with Gasteiger partial charge >= 0.3 is 0 Å². The van der Waals surface area contributed by atoms with Crippen molar-refractivity contribution in [2.45, 2.75) is 62.2 Å². The van der Waals surface area contributed by atoms with Gasteiger partial charge < -0.3 is 24.3 Å². The molecule has 7 fully saturated rings. The van der Waals surface area contributed by atoms with E-state index in [1.54, 1.807) is 11.1 Å². The van der Waals surface area contributed by atoms with Gasteiger partial charge in [0.05, 0.1) is 11.2 Å². The summed E-state index contributed by atoms with van der Waals surface area (Å²) in [6.45, 7) is 0. The lowest BCUT2D eigenvalue weighted by atomic mass is 9.39. The number of hydrogen-bond donors (Lipinski definition) is 1. The van der Waals surface area contributed by atoms with E-state index < -0.39 is 0 Å². The average Bonchev–Trinajstić information content (AvgIpc) is 2.39. The summed E-state index contributed by atoms with van der Waals surface area (Å²) < 4.78 is 16.3. The maximum absolute atomic E-state index is 6.87. The van der Waals surface area contributed by atoms with Crippen LogP contribution in [-0.4, -0.2) is 11.8 Å². The van der Waals surface area contributed by atoms with Crippen molar-refractivity contribution in [2.24, 2.45) is 47.3 Å². The number of anilines is 5. The molecular weight excluding hydrogens is 950 g/mol. The molecule has 78 heavy (non-hydrogen) atoms. The number of fused-ring (bicyclic) bond motifs is 7. The van der Waals surface area contributed by atoms with E-state index >= 15 is 0 Å². The molecule has 3 heterocycles. The summed E-state index contributed by atoms with van der Waals surface area (Å²) in [5.41, 5.74) is 20.7. The Morgan fingerprint density at radius 2 is 1.17 bits per heavy atom. The second-order valence-electron chi connectivity index (χ2n) is 25.3. The first-order chi connectivity index (χ1) is 38.5. The third-order valence-electron chi connectivity index (χ3n) is 22.2. The topological polar surface area (TPSA) is 38.7 Å². The van der Waals surface area contributed by atoms with Crippen LogP contribution in [0, 0.1) is 47.3 Å². The lowest BCUT2D eigenvalue weighted by Crippen LogP contribution is -2.61. The zero-order valence-electron chi connectivity index (χ0n) is 43.7. The lowest BCUT2D eigenvalue weighted by molar-refractivity contribution is -0.0835. The van der Waals surface area contributed by atoms with Crippen LogP contribution in [0.2, 0.25) is 0 Å². The van der Waals surface area contributed by atoms with Gasteiger partial charge in [0.2, 0.25) is 0 Å². The first-order valence-corrected chi connectivity index (χ1v) is 29.3. The second kappa shape index (κ2) is 15.4.